The second kappa shape index (κ2) is 13.0. The van der Waals surface area contributed by atoms with Gasteiger partial charge in [0.1, 0.15) is 11.8 Å². The van der Waals surface area contributed by atoms with Crippen LogP contribution in [0.1, 0.15) is 31.9 Å². The van der Waals surface area contributed by atoms with Crippen molar-refractivity contribution in [1.29, 1.82) is 0 Å². The number of carbonyl (C=O) groups is 2. The van der Waals surface area contributed by atoms with Gasteiger partial charge in [0.25, 0.3) is 5.91 Å². The molecule has 5 nitrogen and oxygen atoms in total. The molecule has 0 spiro atoms. The van der Waals surface area contributed by atoms with Gasteiger partial charge in [-0.15, -0.1) is 0 Å². The monoisotopic (exact) mass is 624 g/mol. The molecule has 0 fully saturated rings. The summed E-state index contributed by atoms with van der Waals surface area (Å²) >= 11 is 22.4. The Kier molecular flexibility index (Phi) is 10.3. The zero-order valence-electron chi connectivity index (χ0n) is 20.7. The number of nitrogens with one attached hydrogen (secondary N) is 1. The van der Waals surface area contributed by atoms with E-state index in [2.05, 4.69) is 21.2 Å². The Morgan fingerprint density at radius 3 is 2.22 bits per heavy atom. The van der Waals surface area contributed by atoms with Gasteiger partial charge in [0.15, 0.2) is 6.61 Å². The second-order valence-corrected chi connectivity index (χ2v) is 11.6. The van der Waals surface area contributed by atoms with Gasteiger partial charge in [0.05, 0.1) is 4.47 Å². The predicted molar refractivity (Wildman–Crippen MR) is 153 cm³/mol. The molecule has 1 atom stereocenters. The number of rotatable bonds is 9. The largest absolute Gasteiger partial charge is 0.483 e. The van der Waals surface area contributed by atoms with Gasteiger partial charge < -0.3 is 15.0 Å². The van der Waals surface area contributed by atoms with E-state index in [0.29, 0.717) is 37.3 Å². The van der Waals surface area contributed by atoms with Crippen LogP contribution in [-0.4, -0.2) is 34.9 Å². The molecule has 0 unspecified atom stereocenters. The molecule has 0 aliphatic rings. The summed E-state index contributed by atoms with van der Waals surface area (Å²) in [4.78, 5) is 28.8. The molecule has 0 radical (unpaired) electrons. The summed E-state index contributed by atoms with van der Waals surface area (Å²) in [6.07, 6.45) is 0.293. The van der Waals surface area contributed by atoms with E-state index in [1.807, 2.05) is 51.1 Å². The molecule has 9 heteroatoms. The van der Waals surface area contributed by atoms with E-state index in [9.17, 15) is 9.59 Å². The number of carbonyl (C=O) groups excluding carboxylic acids is 2. The molecule has 0 bridgehead atoms. The number of nitrogens with zero attached hydrogens (tertiary/aromatic N) is 1. The van der Waals surface area contributed by atoms with Crippen LogP contribution < -0.4 is 10.1 Å². The lowest BCUT2D eigenvalue weighted by Crippen LogP contribution is -2.55. The first-order valence-electron chi connectivity index (χ1n) is 11.6. The highest BCUT2D eigenvalue weighted by atomic mass is 79.9. The Morgan fingerprint density at radius 1 is 0.973 bits per heavy atom. The van der Waals surface area contributed by atoms with Crippen LogP contribution in [0.2, 0.25) is 15.1 Å². The molecule has 0 saturated carbocycles. The van der Waals surface area contributed by atoms with E-state index in [-0.39, 0.29) is 19.1 Å². The summed E-state index contributed by atoms with van der Waals surface area (Å²) < 4.78 is 6.43. The zero-order valence-corrected chi connectivity index (χ0v) is 24.6. The zero-order chi connectivity index (χ0) is 27.2. The predicted octanol–water partition coefficient (Wildman–Crippen LogP) is 7.34. The normalized spacial score (nSPS) is 12.1. The lowest BCUT2D eigenvalue weighted by Gasteiger charge is -2.34. The molecule has 0 heterocycles. The van der Waals surface area contributed by atoms with Gasteiger partial charge in [-0.25, -0.2) is 0 Å². The van der Waals surface area contributed by atoms with E-state index in [1.165, 1.54) is 4.90 Å². The fourth-order valence-corrected chi connectivity index (χ4v) is 4.99. The number of hydrogen-bond acceptors (Lipinski definition) is 3. The van der Waals surface area contributed by atoms with Crippen LogP contribution in [-0.2, 0) is 22.6 Å². The second-order valence-electron chi connectivity index (χ2n) is 9.53. The number of ether oxygens (including phenoxy) is 1. The van der Waals surface area contributed by atoms with Crippen LogP contribution in [0.5, 0.6) is 5.75 Å². The van der Waals surface area contributed by atoms with Crippen LogP contribution >= 0.6 is 50.7 Å². The molecule has 0 aromatic heterocycles. The molecule has 3 rings (SSSR count). The van der Waals surface area contributed by atoms with E-state index in [0.717, 1.165) is 5.56 Å². The van der Waals surface area contributed by atoms with Crippen LogP contribution in [0.3, 0.4) is 0 Å². The van der Waals surface area contributed by atoms with E-state index >= 15 is 0 Å². The van der Waals surface area contributed by atoms with E-state index in [1.54, 1.807) is 36.4 Å². The molecule has 1 N–H and O–H groups in total. The average molecular weight is 627 g/mol. The fraction of sp³-hybridized carbons (Fsp3) is 0.286. The van der Waals surface area contributed by atoms with Crippen molar-refractivity contribution in [3.63, 3.8) is 0 Å². The molecule has 3 aromatic carbocycles. The van der Waals surface area contributed by atoms with Gasteiger partial charge in [0, 0.05) is 39.1 Å². The van der Waals surface area contributed by atoms with Gasteiger partial charge in [0.2, 0.25) is 5.91 Å². The van der Waals surface area contributed by atoms with Crippen LogP contribution in [0.15, 0.2) is 71.2 Å². The quantitative estimate of drug-likeness (QED) is 0.270. The van der Waals surface area contributed by atoms with Crippen molar-refractivity contribution in [1.82, 2.24) is 10.2 Å². The summed E-state index contributed by atoms with van der Waals surface area (Å²) in [6, 6.07) is 18.8. The van der Waals surface area contributed by atoms with Crippen LogP contribution in [0.25, 0.3) is 0 Å². The third-order valence-corrected chi connectivity index (χ3v) is 6.97. The van der Waals surface area contributed by atoms with Crippen molar-refractivity contribution >= 4 is 62.5 Å². The highest BCUT2D eigenvalue weighted by Crippen LogP contribution is 2.29. The third kappa shape index (κ3) is 8.64. The van der Waals surface area contributed by atoms with Gasteiger partial charge in [-0.3, -0.25) is 9.59 Å². The van der Waals surface area contributed by atoms with Crippen molar-refractivity contribution < 1.29 is 14.3 Å². The molecule has 37 heavy (non-hydrogen) atoms. The van der Waals surface area contributed by atoms with Crippen LogP contribution in [0, 0.1) is 0 Å². The Morgan fingerprint density at radius 2 is 1.62 bits per heavy atom. The molecule has 0 saturated heterocycles. The molecule has 196 valence electrons. The Balaban J connectivity index is 1.99. The first-order valence-corrected chi connectivity index (χ1v) is 13.5. The summed E-state index contributed by atoms with van der Waals surface area (Å²) in [6.45, 7) is 5.39. The summed E-state index contributed by atoms with van der Waals surface area (Å²) in [5, 5.41) is 4.36. The van der Waals surface area contributed by atoms with Crippen molar-refractivity contribution in [3.05, 3.63) is 97.4 Å². The van der Waals surface area contributed by atoms with Gasteiger partial charge in [-0.2, -0.15) is 0 Å². The molecular weight excluding hydrogens is 599 g/mol. The van der Waals surface area contributed by atoms with Crippen molar-refractivity contribution in [2.45, 2.75) is 45.3 Å². The third-order valence-electron chi connectivity index (χ3n) is 5.40. The average Bonchev–Trinajstić information content (AvgIpc) is 2.81. The maximum Gasteiger partial charge on any atom is 0.261 e. The van der Waals surface area contributed by atoms with Gasteiger partial charge in [-0.1, -0.05) is 71.2 Å². The lowest BCUT2D eigenvalue weighted by molar-refractivity contribution is -0.143. The smallest absolute Gasteiger partial charge is 0.261 e. The number of amides is 2. The topological polar surface area (TPSA) is 58.6 Å². The minimum atomic E-state index is -0.848. The number of benzene rings is 3. The molecule has 0 aliphatic carbocycles. The standard InChI is InChI=1S/C28H28BrCl3N2O3/c1-28(2,3)33-27(36)24(14-18-8-5-4-6-9-18)34(16-20-22(31)10-7-11-23(20)32)26(35)17-37-25-13-12-19(30)15-21(25)29/h4-13,15,24H,14,16-17H2,1-3H3,(H,33,36)/t24-/m1/s1. The van der Waals surface area contributed by atoms with E-state index in [4.69, 9.17) is 39.5 Å². The van der Waals surface area contributed by atoms with E-state index < -0.39 is 17.5 Å². The minimum absolute atomic E-state index is 0.0253. The van der Waals surface area contributed by atoms with Crippen molar-refractivity contribution in [3.8, 4) is 5.75 Å². The number of hydrogen-bond donors (Lipinski definition) is 1. The molecule has 0 aliphatic heterocycles. The maximum atomic E-state index is 13.7. The van der Waals surface area contributed by atoms with Gasteiger partial charge >= 0.3 is 0 Å². The van der Waals surface area contributed by atoms with Crippen molar-refractivity contribution in [2.75, 3.05) is 6.61 Å². The molecular formula is C28H28BrCl3N2O3. The SMILES string of the molecule is CC(C)(C)NC(=O)[C@@H](Cc1ccccc1)N(Cc1c(Cl)cccc1Cl)C(=O)COc1ccc(Cl)cc1Br. The first kappa shape index (κ1) is 29.3. The molecule has 2 amide bonds. The first-order chi connectivity index (χ1) is 17.4. The van der Waals surface area contributed by atoms with Crippen molar-refractivity contribution in [2.24, 2.45) is 0 Å². The Bertz CT molecular complexity index is 1230. The fourth-order valence-electron chi connectivity index (χ4n) is 3.68. The van der Waals surface area contributed by atoms with Gasteiger partial charge in [-0.05, 0) is 72.6 Å². The summed E-state index contributed by atoms with van der Waals surface area (Å²) in [5.74, 6) is -0.240. The Labute approximate surface area is 241 Å². The minimum Gasteiger partial charge on any atom is -0.483 e. The summed E-state index contributed by atoms with van der Waals surface area (Å²) in [7, 11) is 0. The highest BCUT2D eigenvalue weighted by molar-refractivity contribution is 9.10. The Hall–Kier alpha value is -2.25. The maximum absolute atomic E-state index is 13.7. The van der Waals surface area contributed by atoms with Crippen LogP contribution in [0.4, 0.5) is 0 Å². The number of halogens is 4. The summed E-state index contributed by atoms with van der Waals surface area (Å²) in [5.41, 5.74) is 0.947. The molecule has 3 aromatic rings. The highest BCUT2D eigenvalue weighted by Gasteiger charge is 2.33. The lowest BCUT2D eigenvalue weighted by atomic mass is 10.0.